The van der Waals surface area contributed by atoms with E-state index in [9.17, 15) is 4.39 Å². The van der Waals surface area contributed by atoms with Crippen LogP contribution in [0.2, 0.25) is 0 Å². The number of rotatable bonds is 0. The molecule has 2 nitrogen and oxygen atoms in total. The molecular weight excluding hydrogens is 226 g/mol. The third-order valence-electron chi connectivity index (χ3n) is 1.62. The van der Waals surface area contributed by atoms with Crippen molar-refractivity contribution in [1.82, 2.24) is 0 Å². The third kappa shape index (κ3) is 3.91. The fraction of sp³-hybridized carbons (Fsp3) is 0.100. The first-order chi connectivity index (χ1) is 7.00. The van der Waals surface area contributed by atoms with Gasteiger partial charge < -0.3 is 5.11 Å². The van der Waals surface area contributed by atoms with Crippen molar-refractivity contribution in [1.29, 1.82) is 0 Å². The Labute approximate surface area is 108 Å². The van der Waals surface area contributed by atoms with Crippen molar-refractivity contribution in [3.8, 4) is 0 Å². The Morgan fingerprint density at radius 3 is 2.67 bits per heavy atom. The molecule has 1 aromatic heterocycles. The van der Waals surface area contributed by atoms with Crippen LogP contribution < -0.4 is 2.13 Å². The summed E-state index contributed by atoms with van der Waals surface area (Å²) in [5, 5.41) is 8.46. The Kier molecular flexibility index (Phi) is 4.73. The fourth-order valence-corrected chi connectivity index (χ4v) is 3.00. The van der Waals surface area contributed by atoms with E-state index in [0.29, 0.717) is 0 Å². The van der Waals surface area contributed by atoms with Gasteiger partial charge >= 0.3 is 86.0 Å². The molecule has 1 aromatic carbocycles. The van der Waals surface area contributed by atoms with Gasteiger partial charge in [0.05, 0.1) is 0 Å². The Balaban J connectivity index is 0.000000245. The van der Waals surface area contributed by atoms with Gasteiger partial charge in [-0.3, -0.25) is 4.79 Å². The fourth-order valence-electron chi connectivity index (χ4n) is 1.16. The molecule has 1 heterocycles. The van der Waals surface area contributed by atoms with Crippen LogP contribution in [0.5, 0.6) is 0 Å². The van der Waals surface area contributed by atoms with Gasteiger partial charge in [-0.05, 0) is 0 Å². The summed E-state index contributed by atoms with van der Waals surface area (Å²) in [6.07, 6.45) is 0. The van der Waals surface area contributed by atoms with Crippen LogP contribution in [0.4, 0.5) is 4.39 Å². The van der Waals surface area contributed by atoms with Crippen LogP contribution in [0, 0.1) is 5.82 Å². The minimum absolute atomic E-state index is 0.0883. The van der Waals surface area contributed by atoms with Crippen molar-refractivity contribution in [3.05, 3.63) is 30.1 Å². The van der Waals surface area contributed by atoms with E-state index in [1.807, 2.05) is 6.07 Å². The standard InChI is InChI=1S/C8H4FS.C2H4O2.Na/c9-7-3-1-2-6-4-5-10-8(6)7;1-2(3)4;/h1-4H;1H3,(H,3,4);. The molecule has 0 spiro atoms. The second kappa shape index (κ2) is 5.61. The summed E-state index contributed by atoms with van der Waals surface area (Å²) in [4.78, 5) is 9.00. The third-order valence-corrected chi connectivity index (χ3v) is 3.59. The van der Waals surface area contributed by atoms with Gasteiger partial charge in [-0.1, -0.05) is 0 Å². The van der Waals surface area contributed by atoms with E-state index in [0.717, 1.165) is 44.9 Å². The number of carboxylic acid groups (broad SMARTS) is 1. The van der Waals surface area contributed by atoms with Crippen molar-refractivity contribution < 1.29 is 14.3 Å². The summed E-state index contributed by atoms with van der Waals surface area (Å²) in [5.74, 6) is -0.922. The summed E-state index contributed by atoms with van der Waals surface area (Å²) >= 11 is 2.58. The van der Waals surface area contributed by atoms with Crippen LogP contribution in [-0.4, -0.2) is 39.0 Å². The van der Waals surface area contributed by atoms with E-state index in [4.69, 9.17) is 9.90 Å². The molecule has 0 radical (unpaired) electrons. The van der Waals surface area contributed by atoms with Crippen molar-refractivity contribution in [3.63, 3.8) is 0 Å². The summed E-state index contributed by atoms with van der Waals surface area (Å²) in [6.45, 7) is 1.08. The molecule has 0 fully saturated rings. The van der Waals surface area contributed by atoms with Gasteiger partial charge in [-0.25, -0.2) is 0 Å². The first kappa shape index (κ1) is 12.6. The summed E-state index contributed by atoms with van der Waals surface area (Å²) in [7, 11) is 0. The molecular formula is C10H8FNaO2S. The molecule has 0 aliphatic carbocycles. The number of benzene rings is 1. The number of carboxylic acids is 1. The Hall–Kier alpha value is -0.420. The molecule has 0 bridgehead atoms. The van der Waals surface area contributed by atoms with Crippen LogP contribution >= 0.6 is 11.3 Å². The average Bonchev–Trinajstić information content (AvgIpc) is 2.46. The summed E-state index contributed by atoms with van der Waals surface area (Å²) in [5.41, 5.74) is 0. The minimum atomic E-state index is -0.833. The van der Waals surface area contributed by atoms with Gasteiger partial charge in [-0.2, -0.15) is 0 Å². The van der Waals surface area contributed by atoms with Gasteiger partial charge in [0.2, 0.25) is 0 Å². The molecule has 15 heavy (non-hydrogen) atoms. The second-order valence-electron chi connectivity index (χ2n) is 3.03. The molecule has 0 aliphatic heterocycles. The molecule has 74 valence electrons. The predicted octanol–water partition coefficient (Wildman–Crippen LogP) is 1.93. The van der Waals surface area contributed by atoms with Gasteiger partial charge in [0.25, 0.3) is 5.97 Å². The maximum absolute atomic E-state index is 13.0. The van der Waals surface area contributed by atoms with Crippen LogP contribution in [0.25, 0.3) is 10.1 Å². The van der Waals surface area contributed by atoms with Gasteiger partial charge in [-0.15, -0.1) is 0 Å². The molecule has 0 saturated carbocycles. The molecule has 0 aliphatic rings. The van der Waals surface area contributed by atoms with E-state index in [1.165, 1.54) is 8.19 Å². The Bertz CT molecular complexity index is 477. The normalized spacial score (nSPS) is 9.60. The summed E-state index contributed by atoms with van der Waals surface area (Å²) < 4.78 is 15.1. The number of aliphatic carboxylic acids is 1. The average molecular weight is 234 g/mol. The van der Waals surface area contributed by atoms with Crippen molar-refractivity contribution in [2.45, 2.75) is 6.92 Å². The maximum atomic E-state index is 13.0. The number of fused-ring (bicyclic) bond motifs is 1. The van der Waals surface area contributed by atoms with Crippen molar-refractivity contribution >= 4 is 57.4 Å². The molecule has 2 rings (SSSR count). The van der Waals surface area contributed by atoms with E-state index in [-0.39, 0.29) is 5.82 Å². The monoisotopic (exact) mass is 234 g/mol. The quantitative estimate of drug-likeness (QED) is 0.707. The van der Waals surface area contributed by atoms with Crippen molar-refractivity contribution in [2.24, 2.45) is 0 Å². The van der Waals surface area contributed by atoms with Crippen LogP contribution in [0.3, 0.4) is 0 Å². The van der Waals surface area contributed by atoms with E-state index >= 15 is 0 Å². The first-order valence-corrected chi connectivity index (χ1v) is 6.16. The van der Waals surface area contributed by atoms with Crippen LogP contribution in [-0.2, 0) is 4.79 Å². The number of halogens is 1. The Morgan fingerprint density at radius 2 is 2.13 bits per heavy atom. The molecule has 0 saturated heterocycles. The SMILES string of the molecule is CC(=O)O.Fc1cccc2c[c]([Na])sc12. The number of carbonyl (C=O) groups is 1. The molecule has 1 N–H and O–H groups in total. The molecule has 0 atom stereocenters. The topological polar surface area (TPSA) is 37.3 Å². The van der Waals surface area contributed by atoms with E-state index in [2.05, 4.69) is 6.07 Å². The molecule has 2 aromatic rings. The zero-order chi connectivity index (χ0) is 11.4. The molecule has 0 amide bonds. The number of hydrogen-bond donors (Lipinski definition) is 1. The van der Waals surface area contributed by atoms with E-state index in [1.54, 1.807) is 17.4 Å². The summed E-state index contributed by atoms with van der Waals surface area (Å²) in [6, 6.07) is 7.29. The number of hydrogen-bond acceptors (Lipinski definition) is 2. The van der Waals surface area contributed by atoms with Crippen molar-refractivity contribution in [2.75, 3.05) is 0 Å². The van der Waals surface area contributed by atoms with Gasteiger partial charge in [0.15, 0.2) is 0 Å². The van der Waals surface area contributed by atoms with Gasteiger partial charge in [0.1, 0.15) is 0 Å². The second-order valence-corrected chi connectivity index (χ2v) is 6.09. The molecule has 5 heteroatoms. The van der Waals surface area contributed by atoms with Gasteiger partial charge in [0, 0.05) is 6.92 Å². The molecule has 0 unspecified atom stereocenters. The van der Waals surface area contributed by atoms with Crippen LogP contribution in [0.15, 0.2) is 24.3 Å². The number of thiophene rings is 1. The van der Waals surface area contributed by atoms with E-state index < -0.39 is 5.97 Å². The zero-order valence-corrected chi connectivity index (χ0v) is 11.3. The van der Waals surface area contributed by atoms with Crippen LogP contribution in [0.1, 0.15) is 6.92 Å². The predicted molar refractivity (Wildman–Crippen MR) is 60.5 cm³/mol. The zero-order valence-electron chi connectivity index (χ0n) is 8.45. The Morgan fingerprint density at radius 1 is 1.53 bits per heavy atom. The first-order valence-electron chi connectivity index (χ1n) is 4.35.